The fraction of sp³-hybridized carbons (Fsp3) is 0.182. The minimum Gasteiger partial charge on any atom is -0.497 e. The second-order valence-corrected chi connectivity index (χ2v) is 2.73. The Labute approximate surface area is 77.8 Å². The minimum absolute atomic E-state index is 0.0220. The molecule has 1 rings (SSSR count). The molecule has 0 atom stereocenters. The maximum absolute atomic E-state index is 11.2. The van der Waals surface area contributed by atoms with Gasteiger partial charge in [0, 0.05) is 11.1 Å². The molecule has 0 bridgehead atoms. The van der Waals surface area contributed by atoms with Crippen LogP contribution < -0.4 is 0 Å². The predicted molar refractivity (Wildman–Crippen MR) is 52.5 cm³/mol. The molecule has 2 heteroatoms. The SMILES string of the molecule is C=C(OC)c1ccccc1C(C)=O. The average Bonchev–Trinajstić information content (AvgIpc) is 2.16. The molecule has 0 saturated heterocycles. The number of hydrogen-bond acceptors (Lipinski definition) is 2. The van der Waals surface area contributed by atoms with Gasteiger partial charge in [-0.3, -0.25) is 4.79 Å². The predicted octanol–water partition coefficient (Wildman–Crippen LogP) is 2.51. The molecule has 0 heterocycles. The molecule has 0 saturated carbocycles. The molecule has 0 aliphatic carbocycles. The van der Waals surface area contributed by atoms with Crippen LogP contribution in [0.5, 0.6) is 0 Å². The van der Waals surface area contributed by atoms with E-state index in [1.54, 1.807) is 13.2 Å². The normalized spacial score (nSPS) is 9.38. The van der Waals surface area contributed by atoms with Crippen LogP contribution in [-0.2, 0) is 4.74 Å². The Kier molecular flexibility index (Phi) is 2.85. The summed E-state index contributed by atoms with van der Waals surface area (Å²) >= 11 is 0. The van der Waals surface area contributed by atoms with Gasteiger partial charge in [0.05, 0.1) is 7.11 Å². The number of rotatable bonds is 3. The first-order chi connectivity index (χ1) is 6.16. The summed E-state index contributed by atoms with van der Waals surface area (Å²) in [7, 11) is 1.54. The van der Waals surface area contributed by atoms with E-state index >= 15 is 0 Å². The van der Waals surface area contributed by atoms with E-state index in [-0.39, 0.29) is 5.78 Å². The highest BCUT2D eigenvalue weighted by atomic mass is 16.5. The van der Waals surface area contributed by atoms with Gasteiger partial charge in [-0.05, 0) is 6.92 Å². The van der Waals surface area contributed by atoms with Crippen LogP contribution in [0.25, 0.3) is 5.76 Å². The average molecular weight is 176 g/mol. The summed E-state index contributed by atoms with van der Waals surface area (Å²) in [4.78, 5) is 11.2. The number of ether oxygens (including phenoxy) is 1. The molecule has 1 aromatic rings. The Morgan fingerprint density at radius 1 is 1.31 bits per heavy atom. The fourth-order valence-electron chi connectivity index (χ4n) is 1.14. The number of carbonyl (C=O) groups excluding carboxylic acids is 1. The lowest BCUT2D eigenvalue weighted by atomic mass is 10.0. The van der Waals surface area contributed by atoms with Crippen LogP contribution in [0.15, 0.2) is 30.8 Å². The molecule has 0 amide bonds. The zero-order chi connectivity index (χ0) is 9.84. The molecule has 0 aliphatic heterocycles. The lowest BCUT2D eigenvalue weighted by molar-refractivity contribution is 0.101. The van der Waals surface area contributed by atoms with Gasteiger partial charge in [-0.15, -0.1) is 0 Å². The van der Waals surface area contributed by atoms with E-state index in [1.807, 2.05) is 18.2 Å². The van der Waals surface area contributed by atoms with Crippen LogP contribution >= 0.6 is 0 Å². The highest BCUT2D eigenvalue weighted by molar-refractivity contribution is 5.98. The number of Topliss-reactive ketones (excluding diaryl/α,β-unsaturated/α-hetero) is 1. The standard InChI is InChI=1S/C11H12O2/c1-8(12)10-6-4-5-7-11(10)9(2)13-3/h4-7H,2H2,1,3H3. The summed E-state index contributed by atoms with van der Waals surface area (Å²) in [5.41, 5.74) is 1.41. The Morgan fingerprint density at radius 2 is 1.85 bits per heavy atom. The van der Waals surface area contributed by atoms with E-state index < -0.39 is 0 Å². The third kappa shape index (κ3) is 1.96. The first-order valence-corrected chi connectivity index (χ1v) is 4.00. The largest absolute Gasteiger partial charge is 0.497 e. The maximum Gasteiger partial charge on any atom is 0.160 e. The Hall–Kier alpha value is -1.57. The van der Waals surface area contributed by atoms with Crippen molar-refractivity contribution in [2.75, 3.05) is 7.11 Å². The summed E-state index contributed by atoms with van der Waals surface area (Å²) in [6.07, 6.45) is 0. The Bertz CT molecular complexity index is 340. The lowest BCUT2D eigenvalue weighted by Crippen LogP contribution is -1.98. The first-order valence-electron chi connectivity index (χ1n) is 4.00. The smallest absolute Gasteiger partial charge is 0.160 e. The van der Waals surface area contributed by atoms with Crippen LogP contribution in [0.2, 0.25) is 0 Å². The first kappa shape index (κ1) is 9.52. The van der Waals surface area contributed by atoms with Crippen molar-refractivity contribution < 1.29 is 9.53 Å². The van der Waals surface area contributed by atoms with E-state index in [0.717, 1.165) is 5.56 Å². The van der Waals surface area contributed by atoms with Gasteiger partial charge >= 0.3 is 0 Å². The van der Waals surface area contributed by atoms with Crippen molar-refractivity contribution in [3.8, 4) is 0 Å². The van der Waals surface area contributed by atoms with Gasteiger partial charge in [0.25, 0.3) is 0 Å². The van der Waals surface area contributed by atoms with Crippen molar-refractivity contribution in [1.29, 1.82) is 0 Å². The minimum atomic E-state index is 0.0220. The van der Waals surface area contributed by atoms with Gasteiger partial charge in [-0.25, -0.2) is 0 Å². The van der Waals surface area contributed by atoms with Gasteiger partial charge in [0.2, 0.25) is 0 Å². The zero-order valence-electron chi connectivity index (χ0n) is 7.83. The molecule has 1 aromatic carbocycles. The molecule has 0 unspecified atom stereocenters. The molecule has 0 aromatic heterocycles. The number of ketones is 1. The Morgan fingerprint density at radius 3 is 2.31 bits per heavy atom. The summed E-state index contributed by atoms with van der Waals surface area (Å²) in [6, 6.07) is 7.26. The molecule has 68 valence electrons. The molecular formula is C11H12O2. The van der Waals surface area contributed by atoms with Crippen LogP contribution in [0.1, 0.15) is 22.8 Å². The van der Waals surface area contributed by atoms with Crippen LogP contribution in [0, 0.1) is 0 Å². The topological polar surface area (TPSA) is 26.3 Å². The number of hydrogen-bond donors (Lipinski definition) is 0. The van der Waals surface area contributed by atoms with E-state index in [4.69, 9.17) is 4.74 Å². The molecule has 0 aliphatic rings. The second-order valence-electron chi connectivity index (χ2n) is 2.73. The van der Waals surface area contributed by atoms with Gasteiger partial charge in [0.1, 0.15) is 5.76 Å². The maximum atomic E-state index is 11.2. The van der Waals surface area contributed by atoms with Crippen LogP contribution in [-0.4, -0.2) is 12.9 Å². The van der Waals surface area contributed by atoms with E-state index in [9.17, 15) is 4.79 Å². The highest BCUT2D eigenvalue weighted by Gasteiger charge is 2.08. The van der Waals surface area contributed by atoms with Crippen LogP contribution in [0.4, 0.5) is 0 Å². The lowest BCUT2D eigenvalue weighted by Gasteiger charge is -2.07. The second kappa shape index (κ2) is 3.90. The van der Waals surface area contributed by atoms with Gasteiger partial charge in [-0.2, -0.15) is 0 Å². The van der Waals surface area contributed by atoms with E-state index in [1.165, 1.54) is 6.92 Å². The van der Waals surface area contributed by atoms with Crippen molar-refractivity contribution in [3.05, 3.63) is 42.0 Å². The highest BCUT2D eigenvalue weighted by Crippen LogP contribution is 2.18. The van der Waals surface area contributed by atoms with Crippen molar-refractivity contribution in [2.24, 2.45) is 0 Å². The van der Waals surface area contributed by atoms with Crippen molar-refractivity contribution in [1.82, 2.24) is 0 Å². The molecule has 0 radical (unpaired) electrons. The van der Waals surface area contributed by atoms with Crippen molar-refractivity contribution in [3.63, 3.8) is 0 Å². The molecular weight excluding hydrogens is 164 g/mol. The molecule has 13 heavy (non-hydrogen) atoms. The van der Waals surface area contributed by atoms with Crippen LogP contribution in [0.3, 0.4) is 0 Å². The zero-order valence-corrected chi connectivity index (χ0v) is 7.83. The van der Waals surface area contributed by atoms with Gasteiger partial charge in [-0.1, -0.05) is 30.8 Å². The number of benzene rings is 1. The molecule has 0 N–H and O–H groups in total. The Balaban J connectivity index is 3.19. The summed E-state index contributed by atoms with van der Waals surface area (Å²) < 4.78 is 4.98. The quantitative estimate of drug-likeness (QED) is 0.522. The van der Waals surface area contributed by atoms with E-state index in [0.29, 0.717) is 11.3 Å². The molecule has 0 spiro atoms. The van der Waals surface area contributed by atoms with Gasteiger partial charge < -0.3 is 4.74 Å². The molecule has 2 nitrogen and oxygen atoms in total. The summed E-state index contributed by atoms with van der Waals surface area (Å²) in [5.74, 6) is 0.541. The fourth-order valence-corrected chi connectivity index (χ4v) is 1.14. The third-order valence-corrected chi connectivity index (χ3v) is 1.85. The van der Waals surface area contributed by atoms with Crippen molar-refractivity contribution in [2.45, 2.75) is 6.92 Å². The number of methoxy groups -OCH3 is 1. The monoisotopic (exact) mass is 176 g/mol. The molecule has 0 fully saturated rings. The number of carbonyl (C=O) groups is 1. The van der Waals surface area contributed by atoms with Gasteiger partial charge in [0.15, 0.2) is 5.78 Å². The summed E-state index contributed by atoms with van der Waals surface area (Å²) in [5, 5.41) is 0. The third-order valence-electron chi connectivity index (χ3n) is 1.85. The van der Waals surface area contributed by atoms with E-state index in [2.05, 4.69) is 6.58 Å². The van der Waals surface area contributed by atoms with Crippen molar-refractivity contribution >= 4 is 11.5 Å². The summed E-state index contributed by atoms with van der Waals surface area (Å²) in [6.45, 7) is 5.24.